The highest BCUT2D eigenvalue weighted by Crippen LogP contribution is 2.31. The Balaban J connectivity index is 1.76. The average Bonchev–Trinajstić information content (AvgIpc) is 3.11. The van der Waals surface area contributed by atoms with Crippen LogP contribution in [0.4, 0.5) is 5.82 Å². The summed E-state index contributed by atoms with van der Waals surface area (Å²) < 4.78 is 2.03. The molecule has 158 valence electrons. The monoisotopic (exact) mass is 403 g/mol. The lowest BCUT2D eigenvalue weighted by molar-refractivity contribution is 0.277. The van der Waals surface area contributed by atoms with Gasteiger partial charge in [0.15, 0.2) is 5.65 Å². The van der Waals surface area contributed by atoms with E-state index in [0.29, 0.717) is 0 Å². The molecule has 0 bridgehead atoms. The van der Waals surface area contributed by atoms with E-state index in [1.54, 1.807) is 0 Å². The van der Waals surface area contributed by atoms with Gasteiger partial charge in [0.25, 0.3) is 0 Å². The smallest absolute Gasteiger partial charge is 0.165 e. The molecule has 0 saturated carbocycles. The number of anilines is 1. The van der Waals surface area contributed by atoms with Crippen molar-refractivity contribution in [1.29, 1.82) is 0 Å². The fourth-order valence-electron chi connectivity index (χ4n) is 4.01. The third-order valence-corrected chi connectivity index (χ3v) is 5.77. The van der Waals surface area contributed by atoms with Gasteiger partial charge in [-0.25, -0.2) is 4.98 Å². The Labute approximate surface area is 180 Å². The van der Waals surface area contributed by atoms with Gasteiger partial charge in [-0.15, -0.1) is 0 Å². The molecule has 2 aromatic heterocycles. The van der Waals surface area contributed by atoms with Crippen molar-refractivity contribution in [3.63, 3.8) is 0 Å². The van der Waals surface area contributed by atoms with Gasteiger partial charge >= 0.3 is 0 Å². The van der Waals surface area contributed by atoms with Crippen LogP contribution in [0.5, 0.6) is 0 Å². The summed E-state index contributed by atoms with van der Waals surface area (Å²) >= 11 is 0. The van der Waals surface area contributed by atoms with E-state index < -0.39 is 0 Å². The van der Waals surface area contributed by atoms with Gasteiger partial charge in [-0.3, -0.25) is 4.90 Å². The molecule has 1 fully saturated rings. The third-order valence-electron chi connectivity index (χ3n) is 5.77. The molecular formula is C25H33N5. The molecule has 1 aliphatic rings. The number of fused-ring (bicyclic) bond motifs is 1. The number of aromatic nitrogens is 3. The van der Waals surface area contributed by atoms with E-state index in [9.17, 15) is 0 Å². The Morgan fingerprint density at radius 2 is 1.73 bits per heavy atom. The molecule has 0 N–H and O–H groups in total. The van der Waals surface area contributed by atoms with Crippen LogP contribution < -0.4 is 4.90 Å². The van der Waals surface area contributed by atoms with Crippen molar-refractivity contribution in [3.05, 3.63) is 59.9 Å². The summed E-state index contributed by atoms with van der Waals surface area (Å²) in [7, 11) is 0. The van der Waals surface area contributed by atoms with E-state index in [0.717, 1.165) is 61.0 Å². The minimum absolute atomic E-state index is 0.0346. The molecule has 0 aliphatic carbocycles. The number of hydrogen-bond acceptors (Lipinski definition) is 4. The van der Waals surface area contributed by atoms with Crippen LogP contribution in [0.25, 0.3) is 16.8 Å². The summed E-state index contributed by atoms with van der Waals surface area (Å²) in [4.78, 5) is 9.99. The molecule has 30 heavy (non-hydrogen) atoms. The third kappa shape index (κ3) is 4.12. The van der Waals surface area contributed by atoms with Crippen molar-refractivity contribution in [1.82, 2.24) is 19.5 Å². The minimum Gasteiger partial charge on any atom is -0.354 e. The molecule has 0 amide bonds. The summed E-state index contributed by atoms with van der Waals surface area (Å²) in [5, 5.41) is 4.77. The molecule has 0 unspecified atom stereocenters. The fourth-order valence-corrected chi connectivity index (χ4v) is 4.01. The SMILES string of the molecule is C=C(C)CN1CCN(c2cc(C(C)(C)C)nc3c(-c4ccc(C)cc4)cnn23)CC1. The van der Waals surface area contributed by atoms with Crippen molar-refractivity contribution >= 4 is 11.5 Å². The lowest BCUT2D eigenvalue weighted by Gasteiger charge is -2.36. The van der Waals surface area contributed by atoms with Gasteiger partial charge in [-0.05, 0) is 19.4 Å². The molecule has 1 aromatic carbocycles. The van der Waals surface area contributed by atoms with Crippen molar-refractivity contribution in [2.24, 2.45) is 0 Å². The maximum Gasteiger partial charge on any atom is 0.165 e. The number of benzene rings is 1. The summed E-state index contributed by atoms with van der Waals surface area (Å²) in [5.41, 5.74) is 6.72. The highest BCUT2D eigenvalue weighted by molar-refractivity contribution is 5.78. The van der Waals surface area contributed by atoms with E-state index >= 15 is 0 Å². The summed E-state index contributed by atoms with van der Waals surface area (Å²) in [6.45, 7) is 20.0. The second-order valence-corrected chi connectivity index (χ2v) is 9.63. The zero-order valence-electron chi connectivity index (χ0n) is 18.9. The molecule has 5 nitrogen and oxygen atoms in total. The second-order valence-electron chi connectivity index (χ2n) is 9.63. The van der Waals surface area contributed by atoms with Crippen molar-refractivity contribution in [3.8, 4) is 11.1 Å². The Bertz CT molecular complexity index is 1050. The first-order valence-corrected chi connectivity index (χ1v) is 10.8. The van der Waals surface area contributed by atoms with Gasteiger partial charge in [0, 0.05) is 49.8 Å². The van der Waals surface area contributed by atoms with Crippen molar-refractivity contribution < 1.29 is 0 Å². The predicted molar refractivity (Wildman–Crippen MR) is 125 cm³/mol. The number of nitrogens with zero attached hydrogens (tertiary/aromatic N) is 5. The van der Waals surface area contributed by atoms with Gasteiger partial charge in [0.1, 0.15) is 5.82 Å². The molecule has 1 saturated heterocycles. The molecule has 0 spiro atoms. The number of rotatable bonds is 4. The molecule has 5 heteroatoms. The van der Waals surface area contributed by atoms with Crippen LogP contribution in [0, 0.1) is 6.92 Å². The van der Waals surface area contributed by atoms with Crippen LogP contribution in [0.15, 0.2) is 48.7 Å². The first kappa shape index (κ1) is 20.6. The molecule has 0 atom stereocenters. The molecule has 4 rings (SSSR count). The van der Waals surface area contributed by atoms with Gasteiger partial charge in [0.2, 0.25) is 0 Å². The van der Waals surface area contributed by atoms with Crippen molar-refractivity contribution in [2.45, 2.75) is 40.0 Å². The van der Waals surface area contributed by atoms with Gasteiger partial charge in [-0.1, -0.05) is 62.8 Å². The largest absolute Gasteiger partial charge is 0.354 e. The van der Waals surface area contributed by atoms with Gasteiger partial charge in [-0.2, -0.15) is 9.61 Å². The molecule has 3 heterocycles. The Morgan fingerprint density at radius 1 is 1.07 bits per heavy atom. The number of hydrogen-bond donors (Lipinski definition) is 0. The van der Waals surface area contributed by atoms with E-state index in [1.807, 2.05) is 10.7 Å². The maximum absolute atomic E-state index is 5.07. The van der Waals surface area contributed by atoms with Crippen LogP contribution in [0.2, 0.25) is 0 Å². The van der Waals surface area contributed by atoms with Crippen LogP contribution in [-0.4, -0.2) is 52.2 Å². The normalized spacial score (nSPS) is 15.7. The quantitative estimate of drug-likeness (QED) is 0.592. The fraction of sp³-hybridized carbons (Fsp3) is 0.440. The molecule has 0 radical (unpaired) electrons. The second kappa shape index (κ2) is 7.88. The zero-order valence-corrected chi connectivity index (χ0v) is 18.9. The van der Waals surface area contributed by atoms with Crippen LogP contribution in [0.3, 0.4) is 0 Å². The Morgan fingerprint density at radius 3 is 2.33 bits per heavy atom. The first-order valence-electron chi connectivity index (χ1n) is 10.8. The predicted octanol–water partition coefficient (Wildman–Crippen LogP) is 4.70. The Kier molecular flexibility index (Phi) is 5.41. The van der Waals surface area contributed by atoms with E-state index in [2.05, 4.69) is 81.3 Å². The van der Waals surface area contributed by atoms with Crippen molar-refractivity contribution in [2.75, 3.05) is 37.6 Å². The Hall–Kier alpha value is -2.66. The van der Waals surface area contributed by atoms with Crippen LogP contribution in [0.1, 0.15) is 39.0 Å². The average molecular weight is 404 g/mol. The van der Waals surface area contributed by atoms with Gasteiger partial charge < -0.3 is 4.90 Å². The number of aryl methyl sites for hydroxylation is 1. The van der Waals surface area contributed by atoms with Crippen LogP contribution >= 0.6 is 0 Å². The molecule has 3 aromatic rings. The van der Waals surface area contributed by atoms with Crippen LogP contribution in [-0.2, 0) is 5.41 Å². The lowest BCUT2D eigenvalue weighted by Crippen LogP contribution is -2.47. The van der Waals surface area contributed by atoms with E-state index in [4.69, 9.17) is 10.1 Å². The summed E-state index contributed by atoms with van der Waals surface area (Å²) in [5.74, 6) is 1.14. The lowest BCUT2D eigenvalue weighted by atomic mass is 9.91. The maximum atomic E-state index is 5.07. The van der Waals surface area contributed by atoms with E-state index in [1.165, 1.54) is 11.1 Å². The molecule has 1 aliphatic heterocycles. The zero-order chi connectivity index (χ0) is 21.5. The first-order chi connectivity index (χ1) is 14.2. The number of piperazine rings is 1. The topological polar surface area (TPSA) is 36.7 Å². The standard InChI is InChI=1S/C25H33N5/c1-18(2)17-28-11-13-29(14-12-28)23-15-22(25(4,5)6)27-24-21(16-26-30(23)24)20-9-7-19(3)8-10-20/h7-10,15-16H,1,11-14,17H2,2-6H3. The molecular weight excluding hydrogens is 370 g/mol. The summed E-state index contributed by atoms with van der Waals surface area (Å²) in [6.07, 6.45) is 1.96. The minimum atomic E-state index is -0.0346. The highest BCUT2D eigenvalue weighted by Gasteiger charge is 2.25. The summed E-state index contributed by atoms with van der Waals surface area (Å²) in [6, 6.07) is 10.8. The van der Waals surface area contributed by atoms with Gasteiger partial charge in [0.05, 0.1) is 11.9 Å². The highest BCUT2D eigenvalue weighted by atomic mass is 15.4. The van der Waals surface area contributed by atoms with E-state index in [-0.39, 0.29) is 5.41 Å².